The van der Waals surface area contributed by atoms with Crippen LogP contribution in [0.4, 0.5) is 0 Å². The maximum atomic E-state index is 13.0. The Labute approximate surface area is 178 Å². The molecule has 1 heterocycles. The predicted molar refractivity (Wildman–Crippen MR) is 117 cm³/mol. The van der Waals surface area contributed by atoms with Crippen LogP contribution in [0.2, 0.25) is 0 Å². The van der Waals surface area contributed by atoms with Crippen molar-refractivity contribution >= 4 is 17.4 Å². The Hall–Kier alpha value is -3.08. The molecule has 158 valence electrons. The van der Waals surface area contributed by atoms with Gasteiger partial charge < -0.3 is 14.7 Å². The number of likely N-dealkylation sites (tertiary alicyclic amines) is 1. The van der Waals surface area contributed by atoms with Gasteiger partial charge in [0.1, 0.15) is 11.5 Å². The highest BCUT2D eigenvalue weighted by Gasteiger charge is 2.45. The Morgan fingerprint density at radius 3 is 2.47 bits per heavy atom. The van der Waals surface area contributed by atoms with Crippen LogP contribution >= 0.6 is 0 Å². The summed E-state index contributed by atoms with van der Waals surface area (Å²) in [5.74, 6) is -0.707. The molecule has 5 heteroatoms. The lowest BCUT2D eigenvalue weighted by molar-refractivity contribution is -0.139. The maximum absolute atomic E-state index is 13.0. The zero-order valence-corrected chi connectivity index (χ0v) is 17.9. The highest BCUT2D eigenvalue weighted by atomic mass is 16.5. The summed E-state index contributed by atoms with van der Waals surface area (Å²) in [6, 6.07) is 14.0. The highest BCUT2D eigenvalue weighted by Crippen LogP contribution is 2.40. The van der Waals surface area contributed by atoms with Gasteiger partial charge in [0.2, 0.25) is 0 Å². The lowest BCUT2D eigenvalue weighted by atomic mass is 9.95. The van der Waals surface area contributed by atoms with E-state index in [-0.39, 0.29) is 11.3 Å². The first-order chi connectivity index (χ1) is 14.5. The summed E-state index contributed by atoms with van der Waals surface area (Å²) < 4.78 is 5.34. The van der Waals surface area contributed by atoms with E-state index in [0.717, 1.165) is 36.8 Å². The van der Waals surface area contributed by atoms with Crippen molar-refractivity contribution in [1.82, 2.24) is 4.90 Å². The minimum Gasteiger partial charge on any atom is -0.507 e. The zero-order valence-electron chi connectivity index (χ0n) is 17.9. The quantitative estimate of drug-likeness (QED) is 0.289. The van der Waals surface area contributed by atoms with Gasteiger partial charge in [0.15, 0.2) is 0 Å². The number of unbranched alkanes of at least 4 members (excludes halogenated alkanes) is 3. The second-order valence-electron chi connectivity index (χ2n) is 7.70. The molecule has 2 aromatic rings. The van der Waals surface area contributed by atoms with Gasteiger partial charge in [-0.1, -0.05) is 68.1 Å². The largest absolute Gasteiger partial charge is 0.507 e. The van der Waals surface area contributed by atoms with Gasteiger partial charge in [0.25, 0.3) is 11.7 Å². The van der Waals surface area contributed by atoms with E-state index in [2.05, 4.69) is 6.92 Å². The van der Waals surface area contributed by atoms with Crippen molar-refractivity contribution in [3.8, 4) is 5.75 Å². The fourth-order valence-electron chi connectivity index (χ4n) is 3.84. The number of carbonyl (C=O) groups excluding carboxylic acids is 2. The van der Waals surface area contributed by atoms with E-state index < -0.39 is 17.7 Å². The van der Waals surface area contributed by atoms with E-state index in [1.807, 2.05) is 43.3 Å². The number of hydrogen-bond acceptors (Lipinski definition) is 4. The molecule has 0 aromatic heterocycles. The van der Waals surface area contributed by atoms with E-state index in [1.54, 1.807) is 24.1 Å². The predicted octanol–water partition coefficient (Wildman–Crippen LogP) is 5.01. The average Bonchev–Trinajstić information content (AvgIpc) is 3.01. The third-order valence-corrected chi connectivity index (χ3v) is 5.53. The number of rotatable bonds is 8. The minimum absolute atomic E-state index is 0.132. The molecule has 0 radical (unpaired) electrons. The van der Waals surface area contributed by atoms with Gasteiger partial charge >= 0.3 is 0 Å². The minimum atomic E-state index is -0.642. The van der Waals surface area contributed by atoms with Crippen LogP contribution in [0.5, 0.6) is 5.75 Å². The van der Waals surface area contributed by atoms with Crippen molar-refractivity contribution in [2.24, 2.45) is 0 Å². The number of Topliss-reactive ketones (excluding diaryl/α,β-unsaturated/α-hetero) is 1. The van der Waals surface area contributed by atoms with Crippen molar-refractivity contribution < 1.29 is 19.4 Å². The van der Waals surface area contributed by atoms with Crippen molar-refractivity contribution in [3.63, 3.8) is 0 Å². The molecular formula is C25H29NO4. The third kappa shape index (κ3) is 4.40. The van der Waals surface area contributed by atoms with E-state index in [9.17, 15) is 14.7 Å². The van der Waals surface area contributed by atoms with Crippen molar-refractivity contribution in [3.05, 3.63) is 70.8 Å². The van der Waals surface area contributed by atoms with Gasteiger partial charge in [-0.15, -0.1) is 0 Å². The molecule has 0 spiro atoms. The molecule has 0 unspecified atom stereocenters. The normalized spacial score (nSPS) is 18.1. The second kappa shape index (κ2) is 9.61. The lowest BCUT2D eigenvalue weighted by Crippen LogP contribution is -2.30. The standard InChI is InChI=1S/C25H29NO4/c1-4-5-6-7-15-26-22(19-9-8-10-20(16-19)30-3)21(24(28)25(26)29)23(27)18-13-11-17(2)12-14-18/h8-14,16,22,27H,4-7,15H2,1-3H3/t22-/m1/s1. The smallest absolute Gasteiger partial charge is 0.295 e. The summed E-state index contributed by atoms with van der Waals surface area (Å²) >= 11 is 0. The summed E-state index contributed by atoms with van der Waals surface area (Å²) in [6.45, 7) is 4.55. The van der Waals surface area contributed by atoms with Crippen LogP contribution in [0.25, 0.3) is 5.76 Å². The van der Waals surface area contributed by atoms with Crippen LogP contribution in [0.3, 0.4) is 0 Å². The molecule has 1 amide bonds. The van der Waals surface area contributed by atoms with Crippen LogP contribution in [-0.4, -0.2) is 35.4 Å². The number of ether oxygens (including phenoxy) is 1. The molecule has 3 rings (SSSR count). The molecule has 0 saturated carbocycles. The number of methoxy groups -OCH3 is 1. The van der Waals surface area contributed by atoms with Crippen LogP contribution in [0, 0.1) is 6.92 Å². The summed E-state index contributed by atoms with van der Waals surface area (Å²) in [4.78, 5) is 27.5. The van der Waals surface area contributed by atoms with Crippen molar-refractivity contribution in [2.45, 2.75) is 45.6 Å². The molecule has 1 saturated heterocycles. The molecular weight excluding hydrogens is 378 g/mol. The summed E-state index contributed by atoms with van der Waals surface area (Å²) in [7, 11) is 1.58. The first-order valence-electron chi connectivity index (χ1n) is 10.5. The molecule has 0 bridgehead atoms. The average molecular weight is 408 g/mol. The Morgan fingerprint density at radius 1 is 1.07 bits per heavy atom. The Kier molecular flexibility index (Phi) is 6.93. The van der Waals surface area contributed by atoms with Crippen LogP contribution < -0.4 is 4.74 Å². The number of carbonyl (C=O) groups is 2. The SMILES string of the molecule is CCCCCCN1C(=O)C(=O)C(=C(O)c2ccc(C)cc2)[C@H]1c1cccc(OC)c1. The lowest BCUT2D eigenvalue weighted by Gasteiger charge is -2.25. The molecule has 1 aliphatic rings. The van der Waals surface area contributed by atoms with E-state index >= 15 is 0 Å². The maximum Gasteiger partial charge on any atom is 0.295 e. The van der Waals surface area contributed by atoms with Gasteiger partial charge in [-0.25, -0.2) is 0 Å². The van der Waals surface area contributed by atoms with E-state index in [1.165, 1.54) is 0 Å². The third-order valence-electron chi connectivity index (χ3n) is 5.53. The monoisotopic (exact) mass is 407 g/mol. The molecule has 30 heavy (non-hydrogen) atoms. The van der Waals surface area contributed by atoms with Gasteiger partial charge in [0.05, 0.1) is 18.7 Å². The molecule has 2 aromatic carbocycles. The summed E-state index contributed by atoms with van der Waals surface area (Å²) in [5, 5.41) is 11.0. The highest BCUT2D eigenvalue weighted by molar-refractivity contribution is 6.46. The zero-order chi connectivity index (χ0) is 21.7. The summed E-state index contributed by atoms with van der Waals surface area (Å²) in [5.41, 5.74) is 2.45. The number of ketones is 1. The molecule has 1 N–H and O–H groups in total. The number of benzene rings is 2. The fraction of sp³-hybridized carbons (Fsp3) is 0.360. The molecule has 5 nitrogen and oxygen atoms in total. The molecule has 1 aliphatic heterocycles. The first kappa shape index (κ1) is 21.6. The summed E-state index contributed by atoms with van der Waals surface area (Å²) in [6.07, 6.45) is 3.97. The topological polar surface area (TPSA) is 66.8 Å². The van der Waals surface area contributed by atoms with Gasteiger partial charge in [-0.3, -0.25) is 9.59 Å². The number of amides is 1. The first-order valence-corrected chi connectivity index (χ1v) is 10.5. The molecule has 1 fully saturated rings. The molecule has 1 atom stereocenters. The number of aliphatic hydroxyl groups is 1. The number of nitrogens with zero attached hydrogens (tertiary/aromatic N) is 1. The Balaban J connectivity index is 2.08. The van der Waals surface area contributed by atoms with E-state index in [0.29, 0.717) is 17.9 Å². The number of aryl methyl sites for hydroxylation is 1. The molecule has 0 aliphatic carbocycles. The van der Waals surface area contributed by atoms with Gasteiger partial charge in [-0.2, -0.15) is 0 Å². The number of hydrogen-bond donors (Lipinski definition) is 1. The Bertz CT molecular complexity index is 946. The Morgan fingerprint density at radius 2 is 1.80 bits per heavy atom. The van der Waals surface area contributed by atoms with Crippen LogP contribution in [-0.2, 0) is 9.59 Å². The van der Waals surface area contributed by atoms with Crippen LogP contribution in [0.15, 0.2) is 54.1 Å². The van der Waals surface area contributed by atoms with E-state index in [4.69, 9.17) is 4.74 Å². The van der Waals surface area contributed by atoms with Crippen molar-refractivity contribution in [1.29, 1.82) is 0 Å². The second-order valence-corrected chi connectivity index (χ2v) is 7.70. The van der Waals surface area contributed by atoms with Crippen molar-refractivity contribution in [2.75, 3.05) is 13.7 Å². The van der Waals surface area contributed by atoms with Gasteiger partial charge in [-0.05, 0) is 31.0 Å². The van der Waals surface area contributed by atoms with Gasteiger partial charge in [0, 0.05) is 12.1 Å². The number of aliphatic hydroxyl groups excluding tert-OH is 1. The fourth-order valence-corrected chi connectivity index (χ4v) is 3.84. The van der Waals surface area contributed by atoms with Crippen LogP contribution in [0.1, 0.15) is 55.3 Å².